The Labute approximate surface area is 129 Å². The van der Waals surface area contributed by atoms with Crippen LogP contribution in [0.1, 0.15) is 35.9 Å². The van der Waals surface area contributed by atoms with Crippen molar-refractivity contribution >= 4 is 23.2 Å². The fraction of sp³-hybridized carbons (Fsp3) is 0.600. The normalized spacial score (nSPS) is 15.5. The molecule has 0 bridgehead atoms. The average Bonchev–Trinajstić information content (AvgIpc) is 3.12. The van der Waals surface area contributed by atoms with Crippen LogP contribution in [0.3, 0.4) is 0 Å². The van der Waals surface area contributed by atoms with Crippen molar-refractivity contribution in [2.45, 2.75) is 32.2 Å². The summed E-state index contributed by atoms with van der Waals surface area (Å²) >= 11 is 1.36. The van der Waals surface area contributed by atoms with Gasteiger partial charge in [0.2, 0.25) is 5.91 Å². The predicted octanol–water partition coefficient (Wildman–Crippen LogP) is 1.80. The smallest absolute Gasteiger partial charge is 0.261 e. The molecule has 0 radical (unpaired) electrons. The van der Waals surface area contributed by atoms with E-state index in [2.05, 4.69) is 10.6 Å². The summed E-state index contributed by atoms with van der Waals surface area (Å²) < 4.78 is 5.49. The van der Waals surface area contributed by atoms with E-state index in [1.807, 2.05) is 11.4 Å². The highest BCUT2D eigenvalue weighted by Crippen LogP contribution is 2.28. The van der Waals surface area contributed by atoms with Crippen molar-refractivity contribution in [3.8, 4) is 0 Å². The fourth-order valence-electron chi connectivity index (χ4n) is 1.81. The van der Waals surface area contributed by atoms with Gasteiger partial charge in [-0.2, -0.15) is 0 Å². The molecule has 1 unspecified atom stereocenters. The third kappa shape index (κ3) is 5.85. The third-order valence-corrected chi connectivity index (χ3v) is 4.17. The van der Waals surface area contributed by atoms with E-state index >= 15 is 0 Å². The fourth-order valence-corrected chi connectivity index (χ4v) is 2.44. The molecule has 21 heavy (non-hydrogen) atoms. The standard InChI is InChI=1S/C15H22N2O3S/c1-11(17-15(19)13-4-2-9-21-13)14(18)16-7-3-8-20-10-12-5-6-12/h2,4,9,11-12H,3,5-8,10H2,1H3,(H,16,18)(H,17,19). The van der Waals surface area contributed by atoms with Crippen LogP contribution in [0.5, 0.6) is 0 Å². The summed E-state index contributed by atoms with van der Waals surface area (Å²) in [7, 11) is 0. The molecule has 1 aliphatic rings. The zero-order valence-electron chi connectivity index (χ0n) is 12.3. The van der Waals surface area contributed by atoms with Crippen LogP contribution < -0.4 is 10.6 Å². The molecule has 0 saturated heterocycles. The maximum Gasteiger partial charge on any atom is 0.261 e. The summed E-state index contributed by atoms with van der Waals surface area (Å²) in [6.07, 6.45) is 3.38. The molecule has 5 nitrogen and oxygen atoms in total. The molecule has 116 valence electrons. The zero-order valence-corrected chi connectivity index (χ0v) is 13.1. The van der Waals surface area contributed by atoms with Gasteiger partial charge in [0, 0.05) is 19.8 Å². The third-order valence-electron chi connectivity index (χ3n) is 3.30. The first kappa shape index (κ1) is 16.0. The number of carbonyl (C=O) groups excluding carboxylic acids is 2. The van der Waals surface area contributed by atoms with Gasteiger partial charge < -0.3 is 15.4 Å². The zero-order chi connectivity index (χ0) is 15.1. The summed E-state index contributed by atoms with van der Waals surface area (Å²) in [6.45, 7) is 3.78. The Balaban J connectivity index is 1.55. The Morgan fingerprint density at radius 2 is 2.29 bits per heavy atom. The van der Waals surface area contributed by atoms with Crippen LogP contribution in [0.15, 0.2) is 17.5 Å². The molecule has 6 heteroatoms. The molecule has 1 heterocycles. The Bertz CT molecular complexity index is 457. The number of nitrogens with one attached hydrogen (secondary N) is 2. The van der Waals surface area contributed by atoms with Crippen LogP contribution in [-0.2, 0) is 9.53 Å². The van der Waals surface area contributed by atoms with Gasteiger partial charge in [-0.3, -0.25) is 9.59 Å². The Morgan fingerprint density at radius 1 is 1.48 bits per heavy atom. The monoisotopic (exact) mass is 310 g/mol. The Hall–Kier alpha value is -1.40. The van der Waals surface area contributed by atoms with Crippen molar-refractivity contribution < 1.29 is 14.3 Å². The first-order chi connectivity index (χ1) is 10.2. The van der Waals surface area contributed by atoms with Crippen LogP contribution in [0.4, 0.5) is 0 Å². The molecule has 2 amide bonds. The van der Waals surface area contributed by atoms with Crippen molar-refractivity contribution in [2.75, 3.05) is 19.8 Å². The van der Waals surface area contributed by atoms with Crippen LogP contribution in [0.25, 0.3) is 0 Å². The van der Waals surface area contributed by atoms with E-state index in [9.17, 15) is 9.59 Å². The molecule has 0 aromatic carbocycles. The number of hydrogen-bond donors (Lipinski definition) is 2. The number of amides is 2. The second-order valence-electron chi connectivity index (χ2n) is 5.34. The number of carbonyl (C=O) groups is 2. The van der Waals surface area contributed by atoms with Crippen LogP contribution >= 0.6 is 11.3 Å². The molecular weight excluding hydrogens is 288 g/mol. The number of ether oxygens (including phenoxy) is 1. The summed E-state index contributed by atoms with van der Waals surface area (Å²) in [6, 6.07) is 3.01. The largest absolute Gasteiger partial charge is 0.381 e. The highest BCUT2D eigenvalue weighted by Gasteiger charge is 2.21. The van der Waals surface area contributed by atoms with Gasteiger partial charge in [0.1, 0.15) is 6.04 Å². The summed E-state index contributed by atoms with van der Waals surface area (Å²) in [5, 5.41) is 7.33. The topological polar surface area (TPSA) is 67.4 Å². The minimum atomic E-state index is -0.535. The van der Waals surface area contributed by atoms with E-state index in [-0.39, 0.29) is 11.8 Å². The molecule has 0 spiro atoms. The van der Waals surface area contributed by atoms with Gasteiger partial charge in [-0.1, -0.05) is 6.07 Å². The lowest BCUT2D eigenvalue weighted by molar-refractivity contribution is -0.122. The molecule has 1 saturated carbocycles. The maximum absolute atomic E-state index is 11.8. The molecular formula is C15H22N2O3S. The second kappa shape index (κ2) is 8.14. The maximum atomic E-state index is 11.8. The van der Waals surface area contributed by atoms with E-state index in [1.165, 1.54) is 24.2 Å². The molecule has 1 fully saturated rings. The molecule has 1 aliphatic carbocycles. The van der Waals surface area contributed by atoms with E-state index in [1.54, 1.807) is 13.0 Å². The summed E-state index contributed by atoms with van der Waals surface area (Å²) in [5.74, 6) is 0.398. The first-order valence-corrected chi connectivity index (χ1v) is 8.24. The van der Waals surface area contributed by atoms with Gasteiger partial charge in [0.15, 0.2) is 0 Å². The molecule has 2 rings (SSSR count). The number of thiophene rings is 1. The quantitative estimate of drug-likeness (QED) is 0.684. The van der Waals surface area contributed by atoms with Crippen molar-refractivity contribution in [1.82, 2.24) is 10.6 Å². The van der Waals surface area contributed by atoms with Crippen molar-refractivity contribution in [2.24, 2.45) is 5.92 Å². The molecule has 1 aromatic heterocycles. The van der Waals surface area contributed by atoms with E-state index in [0.717, 1.165) is 18.9 Å². The highest BCUT2D eigenvalue weighted by molar-refractivity contribution is 7.12. The van der Waals surface area contributed by atoms with Crippen molar-refractivity contribution in [3.63, 3.8) is 0 Å². The van der Waals surface area contributed by atoms with E-state index < -0.39 is 6.04 Å². The SMILES string of the molecule is CC(NC(=O)c1cccs1)C(=O)NCCCOCC1CC1. The minimum Gasteiger partial charge on any atom is -0.381 e. The molecule has 1 aromatic rings. The lowest BCUT2D eigenvalue weighted by atomic mass is 10.3. The first-order valence-electron chi connectivity index (χ1n) is 7.36. The van der Waals surface area contributed by atoms with Crippen molar-refractivity contribution in [1.29, 1.82) is 0 Å². The summed E-state index contributed by atoms with van der Waals surface area (Å²) in [4.78, 5) is 24.3. The number of hydrogen-bond acceptors (Lipinski definition) is 4. The Kier molecular flexibility index (Phi) is 6.20. The van der Waals surface area contributed by atoms with E-state index in [0.29, 0.717) is 18.0 Å². The van der Waals surface area contributed by atoms with Gasteiger partial charge in [-0.15, -0.1) is 11.3 Å². The van der Waals surface area contributed by atoms with E-state index in [4.69, 9.17) is 4.74 Å². The average molecular weight is 310 g/mol. The molecule has 1 atom stereocenters. The van der Waals surface area contributed by atoms with Gasteiger partial charge in [-0.05, 0) is 43.6 Å². The van der Waals surface area contributed by atoms with Gasteiger partial charge >= 0.3 is 0 Å². The number of rotatable bonds is 9. The Morgan fingerprint density at radius 3 is 2.95 bits per heavy atom. The van der Waals surface area contributed by atoms with Gasteiger partial charge in [-0.25, -0.2) is 0 Å². The second-order valence-corrected chi connectivity index (χ2v) is 6.28. The van der Waals surface area contributed by atoms with Gasteiger partial charge in [0.05, 0.1) is 4.88 Å². The summed E-state index contributed by atoms with van der Waals surface area (Å²) in [5.41, 5.74) is 0. The van der Waals surface area contributed by atoms with Crippen LogP contribution in [-0.4, -0.2) is 37.6 Å². The lowest BCUT2D eigenvalue weighted by Crippen LogP contribution is -2.45. The van der Waals surface area contributed by atoms with Crippen LogP contribution in [0.2, 0.25) is 0 Å². The van der Waals surface area contributed by atoms with Crippen molar-refractivity contribution in [3.05, 3.63) is 22.4 Å². The highest BCUT2D eigenvalue weighted by atomic mass is 32.1. The molecule has 2 N–H and O–H groups in total. The predicted molar refractivity (Wildman–Crippen MR) is 82.4 cm³/mol. The minimum absolute atomic E-state index is 0.165. The lowest BCUT2D eigenvalue weighted by Gasteiger charge is -2.13. The molecule has 0 aliphatic heterocycles. The van der Waals surface area contributed by atoms with Crippen LogP contribution in [0, 0.1) is 5.92 Å². The van der Waals surface area contributed by atoms with Gasteiger partial charge in [0.25, 0.3) is 5.91 Å².